The summed E-state index contributed by atoms with van der Waals surface area (Å²) in [6, 6.07) is 14.0. The standard InChI is InChI=1S/C38H55N3O6/c1-7-9-10-14-30(16-15-28-12-11-13-29(21-28)25-41(4,5)6)34(43)24-40-23-32(31-17-18-35-36(22-31)47-26-46-35)37(38(44)45)33(40)19-20-39(8-2)27(3)42/h11-13,17-18,21-22,30,32-33,37H,7-10,14-16,19-20,23-26H2,1-6H3/p+1/t30?,32-,33+,37-/m1/s1. The molecule has 0 bridgehead atoms. The molecule has 4 atom stereocenters. The molecule has 1 amide bonds. The Bertz CT molecular complexity index is 1370. The lowest BCUT2D eigenvalue weighted by molar-refractivity contribution is -0.884. The van der Waals surface area contributed by atoms with Crippen LogP contribution in [-0.4, -0.2) is 97.2 Å². The fraction of sp³-hybridized carbons (Fsp3) is 0.605. The molecule has 0 aliphatic carbocycles. The number of carbonyl (C=O) groups is 3. The number of quaternary nitrogens is 1. The number of hydrogen-bond donors (Lipinski definition) is 1. The summed E-state index contributed by atoms with van der Waals surface area (Å²) in [5.41, 5.74) is 3.42. The fourth-order valence-corrected chi connectivity index (χ4v) is 7.37. The van der Waals surface area contributed by atoms with Crippen molar-refractivity contribution in [1.82, 2.24) is 9.80 Å². The van der Waals surface area contributed by atoms with E-state index in [2.05, 4.69) is 57.2 Å². The predicted octanol–water partition coefficient (Wildman–Crippen LogP) is 5.75. The van der Waals surface area contributed by atoms with Crippen molar-refractivity contribution in [3.63, 3.8) is 0 Å². The van der Waals surface area contributed by atoms with Crippen LogP contribution in [0.2, 0.25) is 0 Å². The smallest absolute Gasteiger partial charge is 0.308 e. The van der Waals surface area contributed by atoms with Crippen LogP contribution in [0, 0.1) is 11.8 Å². The zero-order valence-corrected chi connectivity index (χ0v) is 29.4. The molecule has 2 aromatic rings. The van der Waals surface area contributed by atoms with Crippen molar-refractivity contribution in [3.8, 4) is 11.5 Å². The van der Waals surface area contributed by atoms with Crippen LogP contribution in [0.5, 0.6) is 11.5 Å². The van der Waals surface area contributed by atoms with Crippen molar-refractivity contribution in [2.45, 2.75) is 84.2 Å². The summed E-state index contributed by atoms with van der Waals surface area (Å²) in [5.74, 6) is -0.607. The zero-order chi connectivity index (χ0) is 34.1. The molecule has 258 valence electrons. The number of ether oxygens (including phenoxy) is 2. The number of aryl methyl sites for hydroxylation is 1. The van der Waals surface area contributed by atoms with Gasteiger partial charge in [-0.2, -0.15) is 0 Å². The number of carboxylic acid groups (broad SMARTS) is 1. The molecule has 1 saturated heterocycles. The number of carbonyl (C=O) groups excluding carboxylic acids is 2. The third kappa shape index (κ3) is 10.0. The van der Waals surface area contributed by atoms with E-state index < -0.39 is 11.9 Å². The summed E-state index contributed by atoms with van der Waals surface area (Å²) in [4.78, 5) is 43.2. The van der Waals surface area contributed by atoms with Gasteiger partial charge in [0.2, 0.25) is 12.7 Å². The number of fused-ring (bicyclic) bond motifs is 1. The van der Waals surface area contributed by atoms with Crippen molar-refractivity contribution >= 4 is 17.7 Å². The number of ketones is 1. The van der Waals surface area contributed by atoms with Crippen molar-refractivity contribution in [1.29, 1.82) is 0 Å². The van der Waals surface area contributed by atoms with Gasteiger partial charge >= 0.3 is 5.97 Å². The van der Waals surface area contributed by atoms with Gasteiger partial charge in [-0.25, -0.2) is 0 Å². The number of unbranched alkanes of at least 4 members (excludes halogenated alkanes) is 2. The van der Waals surface area contributed by atoms with E-state index in [1.807, 2.05) is 25.1 Å². The Balaban J connectivity index is 1.56. The lowest BCUT2D eigenvalue weighted by Gasteiger charge is -2.30. The number of likely N-dealkylation sites (tertiary alicyclic amines) is 1. The summed E-state index contributed by atoms with van der Waals surface area (Å²) in [7, 11) is 6.56. The van der Waals surface area contributed by atoms with Gasteiger partial charge < -0.3 is 24.0 Å². The van der Waals surface area contributed by atoms with Crippen LogP contribution in [-0.2, 0) is 27.3 Å². The number of carboxylic acids is 1. The molecular formula is C38H56N3O6+. The topological polar surface area (TPSA) is 96.4 Å². The van der Waals surface area contributed by atoms with Crippen LogP contribution in [0.4, 0.5) is 0 Å². The highest BCUT2D eigenvalue weighted by Crippen LogP contribution is 2.43. The van der Waals surface area contributed by atoms with Crippen LogP contribution < -0.4 is 9.47 Å². The quantitative estimate of drug-likeness (QED) is 0.162. The highest BCUT2D eigenvalue weighted by molar-refractivity contribution is 5.83. The number of nitrogens with zero attached hydrogens (tertiary/aromatic N) is 3. The lowest BCUT2D eigenvalue weighted by Crippen LogP contribution is -2.43. The van der Waals surface area contributed by atoms with E-state index in [0.717, 1.165) is 55.1 Å². The first-order chi connectivity index (χ1) is 22.4. The Morgan fingerprint density at radius 2 is 1.74 bits per heavy atom. The molecule has 0 radical (unpaired) electrons. The third-order valence-electron chi connectivity index (χ3n) is 9.78. The minimum absolute atomic E-state index is 0.0335. The van der Waals surface area contributed by atoms with Gasteiger partial charge in [0.05, 0.1) is 33.6 Å². The minimum atomic E-state index is -0.883. The Morgan fingerprint density at radius 1 is 1.00 bits per heavy atom. The second kappa shape index (κ2) is 16.6. The normalized spacial score (nSPS) is 19.9. The maximum Gasteiger partial charge on any atom is 0.308 e. The Morgan fingerprint density at radius 3 is 2.43 bits per heavy atom. The SMILES string of the molecule is CCCCCC(CCc1cccc(C[N+](C)(C)C)c1)C(=O)CN1C[C@H](c2ccc3c(c2)OCO3)[C@@H](C(=O)O)[C@@H]1CCN(CC)C(C)=O. The van der Waals surface area contributed by atoms with E-state index >= 15 is 0 Å². The summed E-state index contributed by atoms with van der Waals surface area (Å²) in [5, 5.41) is 10.6. The molecule has 2 heterocycles. The molecule has 0 aromatic heterocycles. The van der Waals surface area contributed by atoms with E-state index in [1.165, 1.54) is 11.1 Å². The van der Waals surface area contributed by atoms with Crippen molar-refractivity contribution in [2.24, 2.45) is 11.8 Å². The van der Waals surface area contributed by atoms with Crippen molar-refractivity contribution in [3.05, 3.63) is 59.2 Å². The van der Waals surface area contributed by atoms with Crippen LogP contribution in [0.15, 0.2) is 42.5 Å². The van der Waals surface area contributed by atoms with Crippen molar-refractivity contribution < 1.29 is 33.4 Å². The molecule has 0 spiro atoms. The maximum absolute atomic E-state index is 14.2. The van der Waals surface area contributed by atoms with Gasteiger partial charge in [-0.15, -0.1) is 0 Å². The Kier molecular flexibility index (Phi) is 12.9. The first kappa shape index (κ1) is 36.4. The highest BCUT2D eigenvalue weighted by Gasteiger charge is 2.47. The van der Waals surface area contributed by atoms with Gasteiger partial charge in [-0.05, 0) is 55.9 Å². The summed E-state index contributed by atoms with van der Waals surface area (Å²) >= 11 is 0. The van der Waals surface area contributed by atoms with Gasteiger partial charge in [-0.3, -0.25) is 19.3 Å². The Hall–Kier alpha value is -3.43. The molecule has 2 aromatic carbocycles. The summed E-state index contributed by atoms with van der Waals surface area (Å²) < 4.78 is 12.0. The van der Waals surface area contributed by atoms with E-state index in [1.54, 1.807) is 11.8 Å². The molecule has 2 aliphatic heterocycles. The molecule has 47 heavy (non-hydrogen) atoms. The molecule has 9 nitrogen and oxygen atoms in total. The molecule has 1 N–H and O–H groups in total. The second-order valence-corrected chi connectivity index (χ2v) is 14.4. The van der Waals surface area contributed by atoms with Crippen LogP contribution in [0.1, 0.15) is 81.9 Å². The van der Waals surface area contributed by atoms with E-state index in [-0.39, 0.29) is 42.9 Å². The van der Waals surface area contributed by atoms with E-state index in [9.17, 15) is 19.5 Å². The first-order valence-corrected chi connectivity index (χ1v) is 17.4. The van der Waals surface area contributed by atoms with Crippen LogP contribution >= 0.6 is 0 Å². The maximum atomic E-state index is 14.2. The van der Waals surface area contributed by atoms with Gasteiger partial charge in [-0.1, -0.05) is 56.5 Å². The molecular weight excluding hydrogens is 594 g/mol. The molecule has 2 aliphatic rings. The number of benzene rings is 2. The first-order valence-electron chi connectivity index (χ1n) is 17.4. The zero-order valence-electron chi connectivity index (χ0n) is 29.4. The number of rotatable bonds is 18. The monoisotopic (exact) mass is 650 g/mol. The fourth-order valence-electron chi connectivity index (χ4n) is 7.37. The number of amides is 1. The summed E-state index contributed by atoms with van der Waals surface area (Å²) in [6.45, 7) is 8.40. The molecule has 1 fully saturated rings. The largest absolute Gasteiger partial charge is 0.481 e. The molecule has 0 saturated carbocycles. The number of Topliss-reactive ketones (excluding diaryl/α,β-unsaturated/α-hetero) is 1. The molecule has 9 heteroatoms. The van der Waals surface area contributed by atoms with Crippen LogP contribution in [0.25, 0.3) is 0 Å². The van der Waals surface area contributed by atoms with E-state index in [0.29, 0.717) is 37.6 Å². The number of aliphatic carboxylic acids is 1. The van der Waals surface area contributed by atoms with Crippen LogP contribution in [0.3, 0.4) is 0 Å². The lowest BCUT2D eigenvalue weighted by atomic mass is 9.84. The molecule has 4 rings (SSSR count). The highest BCUT2D eigenvalue weighted by atomic mass is 16.7. The molecule has 1 unspecified atom stereocenters. The average molecular weight is 651 g/mol. The predicted molar refractivity (Wildman–Crippen MR) is 183 cm³/mol. The van der Waals surface area contributed by atoms with E-state index in [4.69, 9.17) is 9.47 Å². The van der Waals surface area contributed by atoms with Gasteiger partial charge in [0.15, 0.2) is 11.5 Å². The van der Waals surface area contributed by atoms with Crippen molar-refractivity contribution in [2.75, 3.05) is 54.1 Å². The van der Waals surface area contributed by atoms with Gasteiger partial charge in [0.1, 0.15) is 12.3 Å². The minimum Gasteiger partial charge on any atom is -0.481 e. The Labute approximate surface area is 281 Å². The average Bonchev–Trinajstić information content (AvgIpc) is 3.62. The number of hydrogen-bond acceptors (Lipinski definition) is 6. The second-order valence-electron chi connectivity index (χ2n) is 14.4. The van der Waals surface area contributed by atoms with Gasteiger partial charge in [0, 0.05) is 50.0 Å². The third-order valence-corrected chi connectivity index (χ3v) is 9.78. The summed E-state index contributed by atoms with van der Waals surface area (Å²) in [6.07, 6.45) is 6.10. The van der Waals surface area contributed by atoms with Gasteiger partial charge in [0.25, 0.3) is 0 Å².